The van der Waals surface area contributed by atoms with Crippen LogP contribution in [0.3, 0.4) is 0 Å². The van der Waals surface area contributed by atoms with E-state index in [1.165, 1.54) is 7.11 Å². The standard InChI is InChI=1S/C22H22N2O4/c1-27-21-8-6-16(14-20(21)25)7-9-22(26)24-19-5-3-2-4-17(19)15-28-18-10-12-23-13-11-18/h2-6,8,10-14,25H,7,9,15H2,1H3,(H,24,26). The zero-order valence-electron chi connectivity index (χ0n) is 15.6. The summed E-state index contributed by atoms with van der Waals surface area (Å²) in [5, 5.41) is 12.8. The highest BCUT2D eigenvalue weighted by Crippen LogP contribution is 2.26. The number of aromatic nitrogens is 1. The number of phenols is 1. The quantitative estimate of drug-likeness (QED) is 0.620. The van der Waals surface area contributed by atoms with Gasteiger partial charge in [0, 0.05) is 30.1 Å². The summed E-state index contributed by atoms with van der Waals surface area (Å²) < 4.78 is 10.8. The van der Waals surface area contributed by atoms with Crippen molar-refractivity contribution in [2.24, 2.45) is 0 Å². The summed E-state index contributed by atoms with van der Waals surface area (Å²) in [7, 11) is 1.50. The molecule has 0 spiro atoms. The number of aryl methyl sites for hydroxylation is 1. The lowest BCUT2D eigenvalue weighted by atomic mass is 10.1. The first-order valence-electron chi connectivity index (χ1n) is 8.92. The molecule has 0 aliphatic carbocycles. The van der Waals surface area contributed by atoms with Crippen molar-refractivity contribution >= 4 is 11.6 Å². The van der Waals surface area contributed by atoms with Crippen molar-refractivity contribution in [3.05, 3.63) is 78.1 Å². The predicted octanol–water partition coefficient (Wildman–Crippen LogP) is 3.95. The van der Waals surface area contributed by atoms with E-state index in [0.717, 1.165) is 22.6 Å². The summed E-state index contributed by atoms with van der Waals surface area (Å²) in [6.07, 6.45) is 4.14. The van der Waals surface area contributed by atoms with E-state index in [1.807, 2.05) is 30.3 Å². The van der Waals surface area contributed by atoms with Gasteiger partial charge in [0.1, 0.15) is 12.4 Å². The molecule has 2 aromatic carbocycles. The zero-order valence-corrected chi connectivity index (χ0v) is 15.6. The van der Waals surface area contributed by atoms with Gasteiger partial charge in [0.25, 0.3) is 0 Å². The first-order valence-corrected chi connectivity index (χ1v) is 8.92. The van der Waals surface area contributed by atoms with Crippen molar-refractivity contribution < 1.29 is 19.4 Å². The number of benzene rings is 2. The number of nitrogens with zero attached hydrogens (tertiary/aromatic N) is 1. The molecule has 1 aromatic heterocycles. The lowest BCUT2D eigenvalue weighted by molar-refractivity contribution is -0.116. The van der Waals surface area contributed by atoms with E-state index in [1.54, 1.807) is 36.7 Å². The van der Waals surface area contributed by atoms with Crippen LogP contribution in [0.25, 0.3) is 0 Å². The zero-order chi connectivity index (χ0) is 19.8. The van der Waals surface area contributed by atoms with Gasteiger partial charge in [0.15, 0.2) is 11.5 Å². The average molecular weight is 378 g/mol. The Balaban J connectivity index is 1.57. The molecule has 0 atom stereocenters. The highest BCUT2D eigenvalue weighted by atomic mass is 16.5. The van der Waals surface area contributed by atoms with E-state index in [0.29, 0.717) is 25.2 Å². The van der Waals surface area contributed by atoms with Crippen molar-refractivity contribution in [3.63, 3.8) is 0 Å². The number of ether oxygens (including phenoxy) is 2. The fourth-order valence-corrected chi connectivity index (χ4v) is 2.73. The molecule has 0 unspecified atom stereocenters. The molecule has 1 heterocycles. The maximum Gasteiger partial charge on any atom is 0.224 e. The summed E-state index contributed by atoms with van der Waals surface area (Å²) in [6.45, 7) is 0.340. The number of amides is 1. The Hall–Kier alpha value is -3.54. The second-order valence-corrected chi connectivity index (χ2v) is 6.18. The number of hydrogen-bond acceptors (Lipinski definition) is 5. The van der Waals surface area contributed by atoms with Gasteiger partial charge in [-0.3, -0.25) is 9.78 Å². The van der Waals surface area contributed by atoms with Crippen LogP contribution in [0.1, 0.15) is 17.5 Å². The Morgan fingerprint density at radius 1 is 1.11 bits per heavy atom. The Morgan fingerprint density at radius 2 is 1.89 bits per heavy atom. The number of carbonyl (C=O) groups is 1. The van der Waals surface area contributed by atoms with Gasteiger partial charge < -0.3 is 19.9 Å². The summed E-state index contributed by atoms with van der Waals surface area (Å²) in [5.74, 6) is 1.09. The Kier molecular flexibility index (Phi) is 6.46. The van der Waals surface area contributed by atoms with Crippen molar-refractivity contribution in [2.45, 2.75) is 19.4 Å². The number of para-hydroxylation sites is 1. The van der Waals surface area contributed by atoms with Crippen LogP contribution in [0, 0.1) is 0 Å². The minimum Gasteiger partial charge on any atom is -0.504 e. The molecule has 0 saturated carbocycles. The number of anilines is 1. The number of hydrogen-bond donors (Lipinski definition) is 2. The number of rotatable bonds is 8. The second kappa shape index (κ2) is 9.41. The third kappa shape index (κ3) is 5.23. The molecule has 144 valence electrons. The number of carbonyl (C=O) groups excluding carboxylic acids is 1. The van der Waals surface area contributed by atoms with Crippen molar-refractivity contribution in [1.82, 2.24) is 4.98 Å². The third-order valence-corrected chi connectivity index (χ3v) is 4.22. The van der Waals surface area contributed by atoms with E-state index in [4.69, 9.17) is 9.47 Å². The van der Waals surface area contributed by atoms with Gasteiger partial charge in [0.2, 0.25) is 5.91 Å². The van der Waals surface area contributed by atoms with Crippen LogP contribution in [0.4, 0.5) is 5.69 Å². The summed E-state index contributed by atoms with van der Waals surface area (Å²) in [6, 6.07) is 16.2. The number of methoxy groups -OCH3 is 1. The summed E-state index contributed by atoms with van der Waals surface area (Å²) in [4.78, 5) is 16.3. The fourth-order valence-electron chi connectivity index (χ4n) is 2.73. The van der Waals surface area contributed by atoms with Crippen molar-refractivity contribution in [1.29, 1.82) is 0 Å². The van der Waals surface area contributed by atoms with Crippen molar-refractivity contribution in [3.8, 4) is 17.2 Å². The molecule has 3 aromatic rings. The third-order valence-electron chi connectivity index (χ3n) is 4.22. The largest absolute Gasteiger partial charge is 0.504 e. The summed E-state index contributed by atoms with van der Waals surface area (Å²) >= 11 is 0. The molecule has 0 aliphatic rings. The van der Waals surface area contributed by atoms with E-state index in [9.17, 15) is 9.90 Å². The van der Waals surface area contributed by atoms with E-state index >= 15 is 0 Å². The predicted molar refractivity (Wildman–Crippen MR) is 107 cm³/mol. The molecule has 0 bridgehead atoms. The van der Waals surface area contributed by atoms with Crippen LogP contribution in [0.5, 0.6) is 17.2 Å². The van der Waals surface area contributed by atoms with Crippen LogP contribution in [0.15, 0.2) is 67.0 Å². The fraction of sp³-hybridized carbons (Fsp3) is 0.182. The van der Waals surface area contributed by atoms with E-state index in [2.05, 4.69) is 10.3 Å². The molecular formula is C22H22N2O4. The maximum absolute atomic E-state index is 12.4. The highest BCUT2D eigenvalue weighted by Gasteiger charge is 2.09. The van der Waals surface area contributed by atoms with Gasteiger partial charge in [-0.15, -0.1) is 0 Å². The van der Waals surface area contributed by atoms with Crippen LogP contribution < -0.4 is 14.8 Å². The lowest BCUT2D eigenvalue weighted by Crippen LogP contribution is -2.14. The first kappa shape index (κ1) is 19.2. The lowest BCUT2D eigenvalue weighted by Gasteiger charge is -2.12. The Morgan fingerprint density at radius 3 is 2.64 bits per heavy atom. The summed E-state index contributed by atoms with van der Waals surface area (Å²) in [5.41, 5.74) is 2.47. The van der Waals surface area contributed by atoms with Crippen LogP contribution >= 0.6 is 0 Å². The molecule has 0 fully saturated rings. The number of phenolic OH excluding ortho intramolecular Hbond substituents is 1. The monoisotopic (exact) mass is 378 g/mol. The highest BCUT2D eigenvalue weighted by molar-refractivity contribution is 5.91. The second-order valence-electron chi connectivity index (χ2n) is 6.18. The molecule has 0 aliphatic heterocycles. The van der Waals surface area contributed by atoms with Gasteiger partial charge in [-0.05, 0) is 42.3 Å². The van der Waals surface area contributed by atoms with E-state index < -0.39 is 0 Å². The first-order chi connectivity index (χ1) is 13.7. The topological polar surface area (TPSA) is 80.7 Å². The molecule has 0 radical (unpaired) electrons. The SMILES string of the molecule is COc1ccc(CCC(=O)Nc2ccccc2COc2ccncc2)cc1O. The van der Waals surface area contributed by atoms with Gasteiger partial charge in [-0.1, -0.05) is 24.3 Å². The average Bonchev–Trinajstić information content (AvgIpc) is 2.72. The Labute approximate surface area is 163 Å². The normalized spacial score (nSPS) is 10.3. The van der Waals surface area contributed by atoms with Gasteiger partial charge in [-0.2, -0.15) is 0 Å². The molecule has 2 N–H and O–H groups in total. The molecule has 1 amide bonds. The van der Waals surface area contributed by atoms with Crippen LogP contribution in [0.2, 0.25) is 0 Å². The molecule has 0 saturated heterocycles. The van der Waals surface area contributed by atoms with Crippen molar-refractivity contribution in [2.75, 3.05) is 12.4 Å². The minimum atomic E-state index is -0.105. The van der Waals surface area contributed by atoms with E-state index in [-0.39, 0.29) is 11.7 Å². The van der Waals surface area contributed by atoms with Crippen LogP contribution in [-0.4, -0.2) is 23.1 Å². The number of aromatic hydroxyl groups is 1. The molecule has 3 rings (SSSR count). The van der Waals surface area contributed by atoms with Gasteiger partial charge in [-0.25, -0.2) is 0 Å². The van der Waals surface area contributed by atoms with Gasteiger partial charge >= 0.3 is 0 Å². The number of pyridine rings is 1. The smallest absolute Gasteiger partial charge is 0.224 e. The molecular weight excluding hydrogens is 356 g/mol. The maximum atomic E-state index is 12.4. The van der Waals surface area contributed by atoms with Gasteiger partial charge in [0.05, 0.1) is 7.11 Å². The molecule has 6 heteroatoms. The minimum absolute atomic E-state index is 0.0685. The Bertz CT molecular complexity index is 929. The van der Waals surface area contributed by atoms with Crippen LogP contribution in [-0.2, 0) is 17.8 Å². The number of nitrogens with one attached hydrogen (secondary N) is 1. The molecule has 6 nitrogen and oxygen atoms in total. The molecule has 28 heavy (non-hydrogen) atoms.